The quantitative estimate of drug-likeness (QED) is 0.780. The number of benzene rings is 2. The molecule has 3 rings (SSSR count). The minimum absolute atomic E-state index is 0.0638. The summed E-state index contributed by atoms with van der Waals surface area (Å²) in [5, 5.41) is 3.53. The normalized spacial score (nSPS) is 17.0. The van der Waals surface area contributed by atoms with E-state index in [2.05, 4.69) is 21.2 Å². The Morgan fingerprint density at radius 2 is 2.00 bits per heavy atom. The molecule has 130 valence electrons. The maximum atomic E-state index is 12.6. The van der Waals surface area contributed by atoms with Gasteiger partial charge in [0.05, 0.1) is 5.92 Å². The number of aryl methyl sites for hydroxylation is 2. The molecule has 1 atom stereocenters. The Hall–Kier alpha value is -1.85. The van der Waals surface area contributed by atoms with Crippen molar-refractivity contribution in [3.8, 4) is 0 Å². The number of hydrogen-bond donors (Lipinski definition) is 1. The van der Waals surface area contributed by atoms with Crippen LogP contribution in [-0.4, -0.2) is 18.4 Å². The van der Waals surface area contributed by atoms with Gasteiger partial charge >= 0.3 is 0 Å². The Labute approximate surface area is 160 Å². The van der Waals surface area contributed by atoms with Crippen LogP contribution in [0.1, 0.15) is 17.5 Å². The lowest BCUT2D eigenvalue weighted by Gasteiger charge is -2.17. The number of nitrogens with zero attached hydrogens (tertiary/aromatic N) is 1. The van der Waals surface area contributed by atoms with E-state index in [1.807, 2.05) is 32.0 Å². The van der Waals surface area contributed by atoms with Gasteiger partial charge in [-0.05, 0) is 55.3 Å². The third kappa shape index (κ3) is 3.88. The van der Waals surface area contributed by atoms with Crippen molar-refractivity contribution >= 4 is 50.7 Å². The summed E-state index contributed by atoms with van der Waals surface area (Å²) in [6, 6.07) is 11.0. The molecule has 0 bridgehead atoms. The number of amides is 2. The van der Waals surface area contributed by atoms with Gasteiger partial charge in [0.2, 0.25) is 11.8 Å². The third-order valence-electron chi connectivity index (χ3n) is 4.38. The van der Waals surface area contributed by atoms with Crippen molar-refractivity contribution in [1.29, 1.82) is 0 Å². The van der Waals surface area contributed by atoms with Crippen molar-refractivity contribution in [2.24, 2.45) is 5.92 Å². The average Bonchev–Trinajstić information content (AvgIpc) is 2.94. The lowest BCUT2D eigenvalue weighted by molar-refractivity contribution is -0.122. The highest BCUT2D eigenvalue weighted by Crippen LogP contribution is 2.29. The molecule has 1 heterocycles. The van der Waals surface area contributed by atoms with Crippen molar-refractivity contribution in [1.82, 2.24) is 0 Å². The maximum absolute atomic E-state index is 12.6. The largest absolute Gasteiger partial charge is 0.326 e. The molecule has 25 heavy (non-hydrogen) atoms. The smallest absolute Gasteiger partial charge is 0.229 e. The van der Waals surface area contributed by atoms with Gasteiger partial charge in [-0.3, -0.25) is 9.59 Å². The summed E-state index contributed by atoms with van der Waals surface area (Å²) in [6.45, 7) is 4.27. The summed E-state index contributed by atoms with van der Waals surface area (Å²) in [5.74, 6) is -0.580. The second kappa shape index (κ2) is 7.18. The molecular formula is C19H18BrClN2O2. The van der Waals surface area contributed by atoms with Gasteiger partial charge in [0.1, 0.15) is 0 Å². The molecule has 0 unspecified atom stereocenters. The predicted molar refractivity (Wildman–Crippen MR) is 104 cm³/mol. The zero-order valence-electron chi connectivity index (χ0n) is 14.0. The number of hydrogen-bond acceptors (Lipinski definition) is 2. The molecule has 0 aliphatic carbocycles. The monoisotopic (exact) mass is 420 g/mol. The van der Waals surface area contributed by atoms with E-state index in [9.17, 15) is 9.59 Å². The van der Waals surface area contributed by atoms with Crippen LogP contribution < -0.4 is 10.2 Å². The zero-order chi connectivity index (χ0) is 18.1. The first-order valence-corrected chi connectivity index (χ1v) is 9.16. The summed E-state index contributed by atoms with van der Waals surface area (Å²) in [6.07, 6.45) is 0.201. The molecule has 1 N–H and O–H groups in total. The molecule has 1 saturated heterocycles. The van der Waals surface area contributed by atoms with Gasteiger partial charge in [-0.2, -0.15) is 0 Å². The molecule has 2 amide bonds. The van der Waals surface area contributed by atoms with Gasteiger partial charge in [0, 0.05) is 33.8 Å². The van der Waals surface area contributed by atoms with E-state index in [4.69, 9.17) is 11.6 Å². The Bertz CT molecular complexity index is 853. The number of carbonyl (C=O) groups excluding carboxylic acids is 2. The minimum atomic E-state index is -0.380. The number of rotatable bonds is 3. The predicted octanol–water partition coefficient (Wildman–Crippen LogP) is 4.71. The SMILES string of the molecule is Cc1cc(NC(=O)[C@H]2CC(=O)N(c3cccc(Cl)c3)C2)c(C)cc1Br. The second-order valence-electron chi connectivity index (χ2n) is 6.29. The molecule has 1 fully saturated rings. The summed E-state index contributed by atoms with van der Waals surface area (Å²) < 4.78 is 1.01. The Balaban J connectivity index is 1.74. The van der Waals surface area contributed by atoms with Gasteiger partial charge in [0.15, 0.2) is 0 Å². The van der Waals surface area contributed by atoms with Crippen LogP contribution in [0.2, 0.25) is 5.02 Å². The molecule has 0 radical (unpaired) electrons. The van der Waals surface area contributed by atoms with E-state index in [1.165, 1.54) is 0 Å². The van der Waals surface area contributed by atoms with Crippen LogP contribution >= 0.6 is 27.5 Å². The maximum Gasteiger partial charge on any atom is 0.229 e. The Morgan fingerprint density at radius 1 is 1.24 bits per heavy atom. The van der Waals surface area contributed by atoms with E-state index in [1.54, 1.807) is 23.1 Å². The molecule has 0 spiro atoms. The summed E-state index contributed by atoms with van der Waals surface area (Å²) in [5.41, 5.74) is 3.52. The highest BCUT2D eigenvalue weighted by molar-refractivity contribution is 9.10. The second-order valence-corrected chi connectivity index (χ2v) is 7.58. The lowest BCUT2D eigenvalue weighted by Crippen LogP contribution is -2.28. The van der Waals surface area contributed by atoms with Crippen molar-refractivity contribution in [3.63, 3.8) is 0 Å². The van der Waals surface area contributed by atoms with Crippen LogP contribution in [0.3, 0.4) is 0 Å². The first-order valence-electron chi connectivity index (χ1n) is 7.98. The average molecular weight is 422 g/mol. The van der Waals surface area contributed by atoms with Crippen LogP contribution in [0.15, 0.2) is 40.9 Å². The molecule has 1 aliphatic heterocycles. The number of halogens is 2. The van der Waals surface area contributed by atoms with Gasteiger partial charge in [0.25, 0.3) is 0 Å². The van der Waals surface area contributed by atoms with Crippen molar-refractivity contribution < 1.29 is 9.59 Å². The van der Waals surface area contributed by atoms with E-state index < -0.39 is 0 Å². The van der Waals surface area contributed by atoms with Crippen LogP contribution in [0.5, 0.6) is 0 Å². The number of carbonyl (C=O) groups is 2. The fourth-order valence-electron chi connectivity index (χ4n) is 2.93. The summed E-state index contributed by atoms with van der Waals surface area (Å²) in [4.78, 5) is 26.6. The van der Waals surface area contributed by atoms with Crippen LogP contribution in [0.4, 0.5) is 11.4 Å². The standard InChI is InChI=1S/C19H18BrClN2O2/c1-11-7-17(12(2)6-16(11)20)22-19(25)13-8-18(24)23(10-13)15-5-3-4-14(21)9-15/h3-7,9,13H,8,10H2,1-2H3,(H,22,25)/t13-/m0/s1. The number of anilines is 2. The zero-order valence-corrected chi connectivity index (χ0v) is 16.3. The summed E-state index contributed by atoms with van der Waals surface area (Å²) >= 11 is 9.49. The molecule has 2 aromatic rings. The molecular weight excluding hydrogens is 404 g/mol. The van der Waals surface area contributed by atoms with Crippen LogP contribution in [-0.2, 0) is 9.59 Å². The van der Waals surface area contributed by atoms with Crippen molar-refractivity contribution in [2.75, 3.05) is 16.8 Å². The van der Waals surface area contributed by atoms with Gasteiger partial charge in [-0.15, -0.1) is 0 Å². The van der Waals surface area contributed by atoms with E-state index >= 15 is 0 Å². The van der Waals surface area contributed by atoms with Crippen molar-refractivity contribution in [2.45, 2.75) is 20.3 Å². The number of nitrogens with one attached hydrogen (secondary N) is 1. The van der Waals surface area contributed by atoms with Crippen LogP contribution in [0, 0.1) is 19.8 Å². The summed E-state index contributed by atoms with van der Waals surface area (Å²) in [7, 11) is 0. The first-order chi connectivity index (χ1) is 11.8. The van der Waals surface area contributed by atoms with Crippen molar-refractivity contribution in [3.05, 3.63) is 57.0 Å². The molecule has 1 aliphatic rings. The molecule has 0 saturated carbocycles. The fourth-order valence-corrected chi connectivity index (χ4v) is 3.57. The van der Waals surface area contributed by atoms with Gasteiger partial charge in [-0.25, -0.2) is 0 Å². The van der Waals surface area contributed by atoms with E-state index in [-0.39, 0.29) is 24.2 Å². The Kier molecular flexibility index (Phi) is 5.16. The minimum Gasteiger partial charge on any atom is -0.326 e. The fraction of sp³-hybridized carbons (Fsp3) is 0.263. The van der Waals surface area contributed by atoms with Crippen LogP contribution in [0.25, 0.3) is 0 Å². The molecule has 4 nitrogen and oxygen atoms in total. The first kappa shape index (κ1) is 18.0. The Morgan fingerprint density at radius 3 is 2.72 bits per heavy atom. The molecule has 6 heteroatoms. The third-order valence-corrected chi connectivity index (χ3v) is 5.47. The highest BCUT2D eigenvalue weighted by Gasteiger charge is 2.35. The van der Waals surface area contributed by atoms with E-state index in [0.29, 0.717) is 11.6 Å². The van der Waals surface area contributed by atoms with Gasteiger partial charge < -0.3 is 10.2 Å². The molecule has 0 aromatic heterocycles. The van der Waals surface area contributed by atoms with E-state index in [0.717, 1.165) is 27.0 Å². The highest BCUT2D eigenvalue weighted by atomic mass is 79.9. The lowest BCUT2D eigenvalue weighted by atomic mass is 10.1. The topological polar surface area (TPSA) is 49.4 Å². The van der Waals surface area contributed by atoms with Gasteiger partial charge in [-0.1, -0.05) is 33.6 Å². The molecule has 2 aromatic carbocycles.